The number of carbonyl (C=O) groups excluding carboxylic acids is 3. The van der Waals surface area contributed by atoms with Crippen LogP contribution in [0.15, 0.2) is 78.8 Å². The SMILES string of the molecule is C=CC(=O)N1CCN(c2nc(NCCC(=O)N(C)CCOCCOc3cc(-c4scnc4C)ccc3CNC=O)nc3c(F)c(-c4cc(O)cc5ccccc45)c(Cl)cc23)CC1. The van der Waals surface area contributed by atoms with Crippen molar-refractivity contribution in [2.45, 2.75) is 19.9 Å². The van der Waals surface area contributed by atoms with Crippen LogP contribution in [0.5, 0.6) is 11.5 Å². The molecule has 0 spiro atoms. The molecule has 0 atom stereocenters. The number of hydrogen-bond donors (Lipinski definition) is 3. The van der Waals surface area contributed by atoms with Gasteiger partial charge >= 0.3 is 0 Å². The molecule has 1 fully saturated rings. The first kappa shape index (κ1) is 43.7. The Morgan fingerprint density at radius 3 is 2.61 bits per heavy atom. The molecule has 0 unspecified atom stereocenters. The summed E-state index contributed by atoms with van der Waals surface area (Å²) in [5, 5.41) is 18.3. The molecule has 4 aromatic carbocycles. The third kappa shape index (κ3) is 9.88. The number of phenolic OH excluding ortho intramolecular Hbond substituents is 1. The van der Waals surface area contributed by atoms with Crippen LogP contribution >= 0.6 is 22.9 Å². The number of aromatic hydroxyl groups is 1. The number of rotatable bonds is 18. The summed E-state index contributed by atoms with van der Waals surface area (Å²) in [7, 11) is 1.69. The van der Waals surface area contributed by atoms with E-state index in [1.807, 2.05) is 54.3 Å². The normalized spacial score (nSPS) is 12.7. The second kappa shape index (κ2) is 20.0. The van der Waals surface area contributed by atoms with Crippen LogP contribution in [0.4, 0.5) is 16.2 Å². The Morgan fingerprint density at radius 2 is 1.85 bits per heavy atom. The molecule has 3 amide bonds. The Balaban J connectivity index is 0.998. The summed E-state index contributed by atoms with van der Waals surface area (Å²) < 4.78 is 28.8. The van der Waals surface area contributed by atoms with Crippen LogP contribution < -0.4 is 20.3 Å². The van der Waals surface area contributed by atoms with Gasteiger partial charge in [0.25, 0.3) is 0 Å². The van der Waals surface area contributed by atoms with Crippen molar-refractivity contribution in [3.05, 3.63) is 101 Å². The maximum Gasteiger partial charge on any atom is 0.246 e. The molecular weight excluding hydrogens is 835 g/mol. The van der Waals surface area contributed by atoms with E-state index in [0.29, 0.717) is 79.0 Å². The highest BCUT2D eigenvalue weighted by molar-refractivity contribution is 7.13. The van der Waals surface area contributed by atoms with Gasteiger partial charge in [-0.05, 0) is 59.2 Å². The lowest BCUT2D eigenvalue weighted by Crippen LogP contribution is -2.48. The summed E-state index contributed by atoms with van der Waals surface area (Å²) in [6, 6.07) is 17.9. The first-order valence-corrected chi connectivity index (χ1v) is 21.3. The fourth-order valence-corrected chi connectivity index (χ4v) is 8.43. The van der Waals surface area contributed by atoms with Crippen molar-refractivity contribution in [1.82, 2.24) is 30.1 Å². The summed E-state index contributed by atoms with van der Waals surface area (Å²) >= 11 is 8.41. The van der Waals surface area contributed by atoms with Crippen LogP contribution in [-0.2, 0) is 25.7 Å². The van der Waals surface area contributed by atoms with Gasteiger partial charge in [0.05, 0.1) is 34.3 Å². The number of aromatic nitrogens is 3. The van der Waals surface area contributed by atoms with Crippen molar-refractivity contribution in [1.29, 1.82) is 0 Å². The van der Waals surface area contributed by atoms with Gasteiger partial charge in [0, 0.05) is 75.8 Å². The topological polar surface area (TPSA) is 162 Å². The number of nitrogens with zero attached hydrogens (tertiary/aromatic N) is 6. The van der Waals surface area contributed by atoms with Crippen LogP contribution in [0.2, 0.25) is 5.02 Å². The third-order valence-electron chi connectivity index (χ3n) is 10.6. The van der Waals surface area contributed by atoms with Gasteiger partial charge in [-0.2, -0.15) is 4.98 Å². The van der Waals surface area contributed by atoms with Crippen molar-refractivity contribution in [2.24, 2.45) is 0 Å². The number of likely N-dealkylation sites (N-methyl/N-ethyl adjacent to an activating group) is 1. The molecule has 62 heavy (non-hydrogen) atoms. The number of benzene rings is 4. The molecule has 7 rings (SSSR count). The fourth-order valence-electron chi connectivity index (χ4n) is 7.33. The van der Waals surface area contributed by atoms with E-state index in [9.17, 15) is 19.5 Å². The van der Waals surface area contributed by atoms with Crippen LogP contribution in [0.25, 0.3) is 43.2 Å². The van der Waals surface area contributed by atoms with Crippen LogP contribution in [0.3, 0.4) is 0 Å². The highest BCUT2D eigenvalue weighted by Gasteiger charge is 2.26. The molecule has 1 aliphatic heterocycles. The monoisotopic (exact) mass is 880 g/mol. The second-order valence-electron chi connectivity index (χ2n) is 14.6. The van der Waals surface area contributed by atoms with E-state index >= 15 is 4.39 Å². The van der Waals surface area contributed by atoms with E-state index in [2.05, 4.69) is 27.2 Å². The largest absolute Gasteiger partial charge is 0.508 e. The number of ether oxygens (including phenoxy) is 2. The summed E-state index contributed by atoms with van der Waals surface area (Å²) in [6.07, 6.45) is 2.01. The Labute approximate surface area is 366 Å². The molecule has 0 saturated carbocycles. The van der Waals surface area contributed by atoms with Crippen molar-refractivity contribution < 1.29 is 33.4 Å². The molecule has 17 heteroatoms. The van der Waals surface area contributed by atoms with Crippen molar-refractivity contribution in [3.63, 3.8) is 0 Å². The van der Waals surface area contributed by atoms with Gasteiger partial charge in [-0.3, -0.25) is 14.4 Å². The summed E-state index contributed by atoms with van der Waals surface area (Å²) in [5.74, 6) is 0.119. The van der Waals surface area contributed by atoms with Gasteiger partial charge in [0.15, 0.2) is 5.82 Å². The average Bonchev–Trinajstić information content (AvgIpc) is 3.72. The number of fused-ring (bicyclic) bond motifs is 2. The van der Waals surface area contributed by atoms with Crippen molar-refractivity contribution >= 4 is 74.6 Å². The average molecular weight is 881 g/mol. The smallest absolute Gasteiger partial charge is 0.246 e. The number of amides is 3. The first-order chi connectivity index (χ1) is 30.1. The lowest BCUT2D eigenvalue weighted by atomic mass is 9.96. The molecule has 1 aliphatic rings. The Kier molecular flexibility index (Phi) is 14.1. The van der Waals surface area contributed by atoms with E-state index in [0.717, 1.165) is 21.7 Å². The minimum atomic E-state index is -0.688. The molecule has 0 bridgehead atoms. The molecule has 1 saturated heterocycles. The highest BCUT2D eigenvalue weighted by atomic mass is 35.5. The number of piperazine rings is 1. The van der Waals surface area contributed by atoms with Gasteiger partial charge in [-0.25, -0.2) is 14.4 Å². The van der Waals surface area contributed by atoms with Gasteiger partial charge in [-0.15, -0.1) is 11.3 Å². The third-order valence-corrected chi connectivity index (χ3v) is 11.9. The van der Waals surface area contributed by atoms with Crippen LogP contribution in [0, 0.1) is 12.7 Å². The molecule has 14 nitrogen and oxygen atoms in total. The minimum absolute atomic E-state index is 0.00922. The molecule has 3 heterocycles. The molecule has 6 aromatic rings. The number of anilines is 2. The molecule has 2 aromatic heterocycles. The fraction of sp³-hybridized carbons (Fsp3) is 0.289. The Morgan fingerprint density at radius 1 is 1.05 bits per heavy atom. The molecule has 0 radical (unpaired) electrons. The van der Waals surface area contributed by atoms with E-state index in [1.54, 1.807) is 45.8 Å². The first-order valence-electron chi connectivity index (χ1n) is 20.0. The molecule has 0 aliphatic carbocycles. The van der Waals surface area contributed by atoms with Crippen LogP contribution in [-0.4, -0.2) is 114 Å². The highest BCUT2D eigenvalue weighted by Crippen LogP contribution is 2.42. The van der Waals surface area contributed by atoms with Crippen molar-refractivity contribution in [2.75, 3.05) is 76.4 Å². The predicted octanol–water partition coefficient (Wildman–Crippen LogP) is 6.82. The summed E-state index contributed by atoms with van der Waals surface area (Å²) in [4.78, 5) is 56.4. The number of nitrogens with one attached hydrogen (secondary N) is 2. The minimum Gasteiger partial charge on any atom is -0.508 e. The number of hydrogen-bond acceptors (Lipinski definition) is 12. The molecule has 322 valence electrons. The van der Waals surface area contributed by atoms with Crippen molar-refractivity contribution in [3.8, 4) is 33.1 Å². The second-order valence-corrected chi connectivity index (χ2v) is 15.8. The Bertz CT molecular complexity index is 2620. The predicted molar refractivity (Wildman–Crippen MR) is 240 cm³/mol. The molecule has 3 N–H and O–H groups in total. The quantitative estimate of drug-likeness (QED) is 0.0472. The zero-order valence-electron chi connectivity index (χ0n) is 34.3. The number of carbonyl (C=O) groups is 3. The van der Waals surface area contributed by atoms with Crippen LogP contribution in [0.1, 0.15) is 17.7 Å². The molecular formula is C45H46ClFN8O6S. The van der Waals surface area contributed by atoms with Gasteiger partial charge in [0.2, 0.25) is 24.2 Å². The summed E-state index contributed by atoms with van der Waals surface area (Å²) in [5.41, 5.74) is 5.02. The van der Waals surface area contributed by atoms with E-state index in [-0.39, 0.29) is 72.4 Å². The zero-order chi connectivity index (χ0) is 43.8. The number of phenols is 1. The van der Waals surface area contributed by atoms with E-state index in [4.69, 9.17) is 26.1 Å². The lowest BCUT2D eigenvalue weighted by molar-refractivity contribution is -0.130. The number of thiazole rings is 1. The number of halogens is 2. The maximum absolute atomic E-state index is 16.9. The van der Waals surface area contributed by atoms with Gasteiger partial charge in [-0.1, -0.05) is 54.6 Å². The number of aryl methyl sites for hydroxylation is 1. The van der Waals surface area contributed by atoms with E-state index < -0.39 is 5.82 Å². The lowest BCUT2D eigenvalue weighted by Gasteiger charge is -2.35. The zero-order valence-corrected chi connectivity index (χ0v) is 35.9. The van der Waals surface area contributed by atoms with Gasteiger partial charge < -0.3 is 39.9 Å². The van der Waals surface area contributed by atoms with Gasteiger partial charge in [0.1, 0.15) is 29.4 Å². The Hall–Kier alpha value is -6.36. The maximum atomic E-state index is 16.9. The summed E-state index contributed by atoms with van der Waals surface area (Å²) in [6.45, 7) is 8.82. The van der Waals surface area contributed by atoms with E-state index in [1.165, 1.54) is 12.1 Å². The standard InChI is InChI=1S/C45H46ClFN8O6S/c1-4-38(58)54-13-15-55(16-14-54)44-35-24-36(46)40(34-23-32(57)21-29-7-5-6-8-33(29)34)41(47)42(35)51-45(52-44)49-12-11-39(59)53(3)17-18-60-19-20-61-37-22-30(43-28(2)50-27-62-43)9-10-31(37)25-48-26-56/h4-10,21-24,26-27,57H,1,11-20,25H2,2-3H3,(H,48,56)(H,49,51,52).